The molecule has 1 aromatic rings. The van der Waals surface area contributed by atoms with E-state index < -0.39 is 18.0 Å². The lowest BCUT2D eigenvalue weighted by atomic mass is 9.94. The quantitative estimate of drug-likeness (QED) is 0.597. The number of hydrogen-bond acceptors (Lipinski definition) is 7. The number of carbonyl (C=O) groups is 3. The number of aliphatic imine (C=N–C) groups is 1. The molecular weight excluding hydrogens is 356 g/mol. The van der Waals surface area contributed by atoms with E-state index in [0.29, 0.717) is 39.9 Å². The summed E-state index contributed by atoms with van der Waals surface area (Å²) in [4.78, 5) is 42.0. The largest absolute Gasteiger partial charge is 0.466 e. The van der Waals surface area contributed by atoms with E-state index in [1.807, 2.05) is 0 Å². The molecule has 0 aliphatic carbocycles. The summed E-state index contributed by atoms with van der Waals surface area (Å²) >= 11 is 1.49. The summed E-state index contributed by atoms with van der Waals surface area (Å²) in [6.45, 7) is 3.05. The van der Waals surface area contributed by atoms with Gasteiger partial charge in [-0.2, -0.15) is 0 Å². The number of ether oxygens (including phenoxy) is 2. The van der Waals surface area contributed by atoms with Crippen molar-refractivity contribution in [3.05, 3.63) is 41.1 Å². The molecule has 1 amide bonds. The SMILES string of the molecule is COC(=O)C1=C(C)N=C2SCCC(=O)N2[C@@H]1c1ccc(OC(C)=O)cc1. The smallest absolute Gasteiger partial charge is 0.338 e. The van der Waals surface area contributed by atoms with Crippen LogP contribution in [0.15, 0.2) is 40.5 Å². The summed E-state index contributed by atoms with van der Waals surface area (Å²) in [6, 6.07) is 6.10. The molecule has 0 saturated carbocycles. The van der Waals surface area contributed by atoms with Gasteiger partial charge in [-0.1, -0.05) is 23.9 Å². The first-order valence-corrected chi connectivity index (χ1v) is 9.02. The number of amides is 1. The molecule has 136 valence electrons. The average molecular weight is 374 g/mol. The minimum Gasteiger partial charge on any atom is -0.466 e. The molecule has 1 saturated heterocycles. The molecule has 1 aromatic carbocycles. The van der Waals surface area contributed by atoms with Gasteiger partial charge in [0.2, 0.25) is 5.91 Å². The first-order chi connectivity index (χ1) is 12.4. The van der Waals surface area contributed by atoms with Gasteiger partial charge in [0.1, 0.15) is 5.75 Å². The lowest BCUT2D eigenvalue weighted by Gasteiger charge is -2.38. The molecule has 0 spiro atoms. The van der Waals surface area contributed by atoms with Gasteiger partial charge >= 0.3 is 11.9 Å². The van der Waals surface area contributed by atoms with Crippen LogP contribution in [0.1, 0.15) is 31.9 Å². The first kappa shape index (κ1) is 18.2. The molecule has 7 nitrogen and oxygen atoms in total. The van der Waals surface area contributed by atoms with E-state index in [9.17, 15) is 14.4 Å². The minimum absolute atomic E-state index is 0.0922. The highest BCUT2D eigenvalue weighted by Gasteiger charge is 2.41. The Labute approximate surface area is 155 Å². The van der Waals surface area contributed by atoms with E-state index in [4.69, 9.17) is 9.47 Å². The third kappa shape index (κ3) is 3.37. The zero-order chi connectivity index (χ0) is 18.8. The van der Waals surface area contributed by atoms with E-state index in [-0.39, 0.29) is 5.91 Å². The van der Waals surface area contributed by atoms with Gasteiger partial charge < -0.3 is 9.47 Å². The molecule has 2 aliphatic rings. The molecule has 8 heteroatoms. The Morgan fingerprint density at radius 3 is 2.58 bits per heavy atom. The molecule has 26 heavy (non-hydrogen) atoms. The van der Waals surface area contributed by atoms with Crippen molar-refractivity contribution in [2.75, 3.05) is 12.9 Å². The highest BCUT2D eigenvalue weighted by atomic mass is 32.2. The van der Waals surface area contributed by atoms with Crippen molar-refractivity contribution in [2.45, 2.75) is 26.3 Å². The average Bonchev–Trinajstić information content (AvgIpc) is 2.60. The lowest BCUT2D eigenvalue weighted by molar-refractivity contribution is -0.137. The minimum atomic E-state index is -0.623. The maximum Gasteiger partial charge on any atom is 0.338 e. The van der Waals surface area contributed by atoms with E-state index in [0.717, 1.165) is 0 Å². The fourth-order valence-electron chi connectivity index (χ4n) is 2.97. The van der Waals surface area contributed by atoms with Gasteiger partial charge in [0, 0.05) is 19.1 Å². The number of fused-ring (bicyclic) bond motifs is 1. The predicted molar refractivity (Wildman–Crippen MR) is 96.6 cm³/mol. The van der Waals surface area contributed by atoms with Crippen molar-refractivity contribution in [1.82, 2.24) is 4.90 Å². The fourth-order valence-corrected chi connectivity index (χ4v) is 3.97. The predicted octanol–water partition coefficient (Wildman–Crippen LogP) is 2.44. The molecular formula is C18H18N2O5S. The molecule has 1 atom stereocenters. The zero-order valence-corrected chi connectivity index (χ0v) is 15.5. The van der Waals surface area contributed by atoms with Crippen molar-refractivity contribution in [2.24, 2.45) is 4.99 Å². The summed E-state index contributed by atoms with van der Waals surface area (Å²) in [6.07, 6.45) is 0.374. The number of hydrogen-bond donors (Lipinski definition) is 0. The molecule has 3 rings (SSSR count). The second-order valence-corrected chi connectivity index (χ2v) is 6.87. The number of benzene rings is 1. The van der Waals surface area contributed by atoms with Crippen LogP contribution in [0.2, 0.25) is 0 Å². The van der Waals surface area contributed by atoms with Gasteiger partial charge in [-0.15, -0.1) is 0 Å². The topological polar surface area (TPSA) is 85.3 Å². The summed E-state index contributed by atoms with van der Waals surface area (Å²) in [5.74, 6) is 0.0184. The third-order valence-corrected chi connectivity index (χ3v) is 5.02. The first-order valence-electron chi connectivity index (χ1n) is 8.03. The number of amidine groups is 1. The standard InChI is InChI=1S/C18H18N2O5S/c1-10-15(17(23)24-3)16(20-14(22)8-9-26-18(20)19-10)12-4-6-13(7-5-12)25-11(2)21/h4-7,16H,8-9H2,1-3H3/t16-/m1/s1. The summed E-state index contributed by atoms with van der Waals surface area (Å²) in [5.41, 5.74) is 1.57. The van der Waals surface area contributed by atoms with Crippen LogP contribution in [0.4, 0.5) is 0 Å². The lowest BCUT2D eigenvalue weighted by Crippen LogP contribution is -2.45. The van der Waals surface area contributed by atoms with Crippen LogP contribution in [0, 0.1) is 0 Å². The van der Waals surface area contributed by atoms with E-state index in [1.165, 1.54) is 25.8 Å². The van der Waals surface area contributed by atoms with Crippen LogP contribution in [0.5, 0.6) is 5.75 Å². The Morgan fingerprint density at radius 2 is 1.96 bits per heavy atom. The Hall–Kier alpha value is -2.61. The number of allylic oxidation sites excluding steroid dienone is 1. The fraction of sp³-hybridized carbons (Fsp3) is 0.333. The Kier molecular flexibility index (Phi) is 5.13. The van der Waals surface area contributed by atoms with Gasteiger partial charge in [0.05, 0.1) is 24.4 Å². The van der Waals surface area contributed by atoms with E-state index in [1.54, 1.807) is 36.1 Å². The van der Waals surface area contributed by atoms with Crippen molar-refractivity contribution in [1.29, 1.82) is 0 Å². The van der Waals surface area contributed by atoms with Crippen LogP contribution in [0.3, 0.4) is 0 Å². The number of methoxy groups -OCH3 is 1. The second kappa shape index (κ2) is 7.33. The molecule has 0 unspecified atom stereocenters. The molecule has 2 heterocycles. The third-order valence-electron chi connectivity index (χ3n) is 4.07. The second-order valence-electron chi connectivity index (χ2n) is 5.81. The highest BCUT2D eigenvalue weighted by molar-refractivity contribution is 8.14. The maximum absolute atomic E-state index is 12.6. The summed E-state index contributed by atoms with van der Waals surface area (Å²) in [7, 11) is 1.30. The van der Waals surface area contributed by atoms with Crippen LogP contribution >= 0.6 is 11.8 Å². The van der Waals surface area contributed by atoms with Crippen LogP contribution in [-0.2, 0) is 19.1 Å². The monoisotopic (exact) mass is 374 g/mol. The van der Waals surface area contributed by atoms with Crippen molar-refractivity contribution in [3.63, 3.8) is 0 Å². The summed E-state index contributed by atoms with van der Waals surface area (Å²) < 4.78 is 9.97. The van der Waals surface area contributed by atoms with Crippen LogP contribution in [0.25, 0.3) is 0 Å². The van der Waals surface area contributed by atoms with E-state index >= 15 is 0 Å². The number of esters is 2. The number of rotatable bonds is 3. The Bertz CT molecular complexity index is 828. The Morgan fingerprint density at radius 1 is 1.27 bits per heavy atom. The molecule has 0 radical (unpaired) electrons. The van der Waals surface area contributed by atoms with E-state index in [2.05, 4.69) is 4.99 Å². The highest BCUT2D eigenvalue weighted by Crippen LogP contribution is 2.40. The van der Waals surface area contributed by atoms with Crippen molar-refractivity contribution >= 4 is 34.8 Å². The molecule has 2 aliphatic heterocycles. The molecule has 0 aromatic heterocycles. The van der Waals surface area contributed by atoms with Crippen LogP contribution < -0.4 is 4.74 Å². The van der Waals surface area contributed by atoms with Gasteiger partial charge in [0.15, 0.2) is 5.17 Å². The Balaban J connectivity index is 2.07. The van der Waals surface area contributed by atoms with Gasteiger partial charge in [0.25, 0.3) is 0 Å². The van der Waals surface area contributed by atoms with Gasteiger partial charge in [-0.05, 0) is 24.6 Å². The maximum atomic E-state index is 12.6. The normalized spacial score (nSPS) is 19.7. The van der Waals surface area contributed by atoms with Crippen molar-refractivity contribution < 1.29 is 23.9 Å². The van der Waals surface area contributed by atoms with Crippen LogP contribution in [-0.4, -0.2) is 40.8 Å². The van der Waals surface area contributed by atoms with Gasteiger partial charge in [-0.25, -0.2) is 9.79 Å². The van der Waals surface area contributed by atoms with Crippen molar-refractivity contribution in [3.8, 4) is 5.75 Å². The molecule has 0 N–H and O–H groups in total. The molecule has 0 bridgehead atoms. The number of thioether (sulfide) groups is 1. The number of nitrogens with zero attached hydrogens (tertiary/aromatic N) is 2. The molecule has 1 fully saturated rings. The number of carbonyl (C=O) groups excluding carboxylic acids is 3. The summed E-state index contributed by atoms with van der Waals surface area (Å²) in [5, 5.41) is 0.584. The van der Waals surface area contributed by atoms with Gasteiger partial charge in [-0.3, -0.25) is 14.5 Å². The zero-order valence-electron chi connectivity index (χ0n) is 14.6.